The Morgan fingerprint density at radius 3 is 2.56 bits per heavy atom. The predicted molar refractivity (Wildman–Crippen MR) is 94.1 cm³/mol. The zero-order chi connectivity index (χ0) is 18.6. The maximum Gasteiger partial charge on any atom is 0.407 e. The number of rotatable bonds is 5. The van der Waals surface area contributed by atoms with Crippen LogP contribution in [-0.2, 0) is 11.2 Å². The third-order valence-electron chi connectivity index (χ3n) is 3.51. The lowest BCUT2D eigenvalue weighted by atomic mass is 10.00. The molecule has 7 nitrogen and oxygen atoms in total. The van der Waals surface area contributed by atoms with E-state index in [1.54, 1.807) is 45.0 Å². The van der Waals surface area contributed by atoms with E-state index in [1.165, 1.54) is 0 Å². The Balaban J connectivity index is 2.12. The van der Waals surface area contributed by atoms with E-state index in [-0.39, 0.29) is 24.1 Å². The Bertz CT molecular complexity index is 849. The fourth-order valence-corrected chi connectivity index (χ4v) is 2.54. The van der Waals surface area contributed by atoms with Gasteiger partial charge in [0.05, 0.1) is 5.56 Å². The lowest BCUT2D eigenvalue weighted by Gasteiger charge is -2.19. The number of ether oxygens (including phenoxy) is 1. The van der Waals surface area contributed by atoms with Crippen molar-refractivity contribution in [2.24, 2.45) is 0 Å². The molecule has 2 aromatic rings. The van der Waals surface area contributed by atoms with Crippen LogP contribution in [-0.4, -0.2) is 34.3 Å². The number of hydrogen-bond donors (Lipinski definition) is 3. The van der Waals surface area contributed by atoms with Crippen molar-refractivity contribution in [1.82, 2.24) is 10.3 Å². The second kappa shape index (κ2) is 7.38. The van der Waals surface area contributed by atoms with E-state index in [9.17, 15) is 19.5 Å². The number of aromatic amines is 1. The molecule has 0 aliphatic carbocycles. The molecule has 3 N–H and O–H groups in total. The van der Waals surface area contributed by atoms with Crippen LogP contribution in [0.5, 0.6) is 0 Å². The Morgan fingerprint density at radius 2 is 1.92 bits per heavy atom. The standard InChI is InChI=1S/C18H22N2O5/c1-18(2,3)25-17(24)19-10-6-8-12-14(16(22)23)11-7-4-5-9-13(11)20-15(12)21/h4-5,7,9H,6,8,10H2,1-3H3,(H,19,24)(H,20,21)(H,22,23). The molecule has 0 atom stereocenters. The van der Waals surface area contributed by atoms with Gasteiger partial charge < -0.3 is 20.1 Å². The van der Waals surface area contributed by atoms with Crippen LogP contribution in [0, 0.1) is 0 Å². The van der Waals surface area contributed by atoms with Crippen molar-refractivity contribution in [2.75, 3.05) is 6.54 Å². The monoisotopic (exact) mass is 346 g/mol. The molecular formula is C18H22N2O5. The number of amides is 1. The molecular weight excluding hydrogens is 324 g/mol. The third-order valence-corrected chi connectivity index (χ3v) is 3.51. The van der Waals surface area contributed by atoms with Crippen molar-refractivity contribution >= 4 is 23.0 Å². The summed E-state index contributed by atoms with van der Waals surface area (Å²) in [7, 11) is 0. The first-order valence-corrected chi connectivity index (χ1v) is 8.03. The normalized spacial score (nSPS) is 11.3. The molecule has 25 heavy (non-hydrogen) atoms. The van der Waals surface area contributed by atoms with Gasteiger partial charge in [0.25, 0.3) is 5.56 Å². The van der Waals surface area contributed by atoms with E-state index in [4.69, 9.17) is 4.74 Å². The molecule has 1 aromatic carbocycles. The van der Waals surface area contributed by atoms with Crippen molar-refractivity contribution in [2.45, 2.75) is 39.2 Å². The molecule has 1 heterocycles. The van der Waals surface area contributed by atoms with Crippen LogP contribution in [0.4, 0.5) is 4.79 Å². The van der Waals surface area contributed by atoms with Crippen molar-refractivity contribution in [3.63, 3.8) is 0 Å². The first kappa shape index (κ1) is 18.5. The number of carboxylic acids is 1. The van der Waals surface area contributed by atoms with Gasteiger partial charge in [0, 0.05) is 23.0 Å². The second-order valence-corrected chi connectivity index (χ2v) is 6.69. The molecule has 0 fully saturated rings. The van der Waals surface area contributed by atoms with Crippen molar-refractivity contribution in [3.05, 3.63) is 45.7 Å². The lowest BCUT2D eigenvalue weighted by molar-refractivity contribution is 0.0526. The first-order valence-electron chi connectivity index (χ1n) is 8.03. The van der Waals surface area contributed by atoms with Gasteiger partial charge in [0.2, 0.25) is 0 Å². The topological polar surface area (TPSA) is 108 Å². The number of fused-ring (bicyclic) bond motifs is 1. The second-order valence-electron chi connectivity index (χ2n) is 6.69. The minimum absolute atomic E-state index is 0.0108. The van der Waals surface area contributed by atoms with Gasteiger partial charge in [-0.1, -0.05) is 18.2 Å². The minimum Gasteiger partial charge on any atom is -0.478 e. The minimum atomic E-state index is -1.14. The maximum atomic E-state index is 12.2. The number of aromatic nitrogens is 1. The molecule has 0 saturated heterocycles. The zero-order valence-corrected chi connectivity index (χ0v) is 14.5. The van der Waals surface area contributed by atoms with E-state index in [2.05, 4.69) is 10.3 Å². The first-order chi connectivity index (χ1) is 11.7. The number of nitrogens with one attached hydrogen (secondary N) is 2. The van der Waals surface area contributed by atoms with Gasteiger partial charge in [0.1, 0.15) is 5.60 Å². The summed E-state index contributed by atoms with van der Waals surface area (Å²) >= 11 is 0. The van der Waals surface area contributed by atoms with Crippen LogP contribution >= 0.6 is 0 Å². The summed E-state index contributed by atoms with van der Waals surface area (Å²) in [6, 6.07) is 6.78. The van der Waals surface area contributed by atoms with Crippen molar-refractivity contribution < 1.29 is 19.4 Å². The molecule has 0 aliphatic heterocycles. The number of H-pyrrole nitrogens is 1. The van der Waals surface area contributed by atoms with Crippen LogP contribution < -0.4 is 10.9 Å². The molecule has 0 radical (unpaired) electrons. The quantitative estimate of drug-likeness (QED) is 0.721. The fourth-order valence-electron chi connectivity index (χ4n) is 2.54. The number of pyridine rings is 1. The summed E-state index contributed by atoms with van der Waals surface area (Å²) in [6.45, 7) is 5.57. The lowest BCUT2D eigenvalue weighted by Crippen LogP contribution is -2.33. The average Bonchev–Trinajstić information content (AvgIpc) is 2.49. The van der Waals surface area contributed by atoms with Crippen LogP contribution in [0.1, 0.15) is 43.1 Å². The van der Waals surface area contributed by atoms with Crippen molar-refractivity contribution in [1.29, 1.82) is 0 Å². The number of para-hydroxylation sites is 1. The molecule has 0 aliphatic rings. The number of carbonyl (C=O) groups is 2. The number of carboxylic acid groups (broad SMARTS) is 1. The molecule has 0 bridgehead atoms. The number of benzene rings is 1. The summed E-state index contributed by atoms with van der Waals surface area (Å²) in [5.74, 6) is -1.14. The Hall–Kier alpha value is -2.83. The van der Waals surface area contributed by atoms with Gasteiger partial charge in [-0.2, -0.15) is 0 Å². The van der Waals surface area contributed by atoms with Crippen LogP contribution in [0.15, 0.2) is 29.1 Å². The summed E-state index contributed by atoms with van der Waals surface area (Å²) in [5.41, 5.74) is -0.307. The van der Waals surface area contributed by atoms with Crippen LogP contribution in [0.25, 0.3) is 10.9 Å². The Morgan fingerprint density at radius 1 is 1.24 bits per heavy atom. The Kier molecular flexibility index (Phi) is 5.46. The van der Waals surface area contributed by atoms with Gasteiger partial charge >= 0.3 is 12.1 Å². The smallest absolute Gasteiger partial charge is 0.407 e. The van der Waals surface area contributed by atoms with Crippen molar-refractivity contribution in [3.8, 4) is 0 Å². The average molecular weight is 346 g/mol. The molecule has 0 saturated carbocycles. The van der Waals surface area contributed by atoms with E-state index >= 15 is 0 Å². The Labute approximate surface area is 145 Å². The third kappa shape index (κ3) is 4.82. The largest absolute Gasteiger partial charge is 0.478 e. The summed E-state index contributed by atoms with van der Waals surface area (Å²) < 4.78 is 5.12. The molecule has 0 unspecified atom stereocenters. The highest BCUT2D eigenvalue weighted by molar-refractivity contribution is 6.03. The molecule has 1 aromatic heterocycles. The number of hydrogen-bond acceptors (Lipinski definition) is 4. The summed E-state index contributed by atoms with van der Waals surface area (Å²) in [6.07, 6.45) is 0.108. The molecule has 0 spiro atoms. The highest BCUT2D eigenvalue weighted by Crippen LogP contribution is 2.19. The van der Waals surface area contributed by atoms with E-state index < -0.39 is 23.2 Å². The van der Waals surface area contributed by atoms with Crippen LogP contribution in [0.2, 0.25) is 0 Å². The summed E-state index contributed by atoms with van der Waals surface area (Å²) in [4.78, 5) is 38.2. The van der Waals surface area contributed by atoms with Gasteiger partial charge in [-0.15, -0.1) is 0 Å². The van der Waals surface area contributed by atoms with E-state index in [1.807, 2.05) is 0 Å². The fraction of sp³-hybridized carbons (Fsp3) is 0.389. The van der Waals surface area contributed by atoms with Gasteiger partial charge in [-0.25, -0.2) is 9.59 Å². The molecule has 7 heteroatoms. The SMILES string of the molecule is CC(C)(C)OC(=O)NCCCc1c(C(=O)O)c2ccccc2[nH]c1=O. The van der Waals surface area contributed by atoms with Crippen LogP contribution in [0.3, 0.4) is 0 Å². The van der Waals surface area contributed by atoms with Gasteiger partial charge in [0.15, 0.2) is 0 Å². The van der Waals surface area contributed by atoms with Gasteiger partial charge in [-0.05, 0) is 39.7 Å². The maximum absolute atomic E-state index is 12.2. The zero-order valence-electron chi connectivity index (χ0n) is 14.5. The summed E-state index contributed by atoms with van der Waals surface area (Å²) in [5, 5.41) is 12.6. The highest BCUT2D eigenvalue weighted by Gasteiger charge is 2.19. The highest BCUT2D eigenvalue weighted by atomic mass is 16.6. The molecule has 134 valence electrons. The van der Waals surface area contributed by atoms with E-state index in [0.717, 1.165) is 0 Å². The predicted octanol–water partition coefficient (Wildman–Crippen LogP) is 2.68. The molecule has 1 amide bonds. The molecule has 2 rings (SSSR count). The van der Waals surface area contributed by atoms with E-state index in [0.29, 0.717) is 17.3 Å². The van der Waals surface area contributed by atoms with Gasteiger partial charge in [-0.3, -0.25) is 4.79 Å². The number of aromatic carboxylic acids is 1. The number of carbonyl (C=O) groups excluding carboxylic acids is 1. The number of alkyl carbamates (subject to hydrolysis) is 1.